The number of nitrogens with zero attached hydrogens (tertiary/aromatic N) is 3. The fourth-order valence-corrected chi connectivity index (χ4v) is 6.21. The number of hydrogen-bond acceptors (Lipinski definition) is 6. The summed E-state index contributed by atoms with van der Waals surface area (Å²) in [5, 5.41) is 7.32. The Labute approximate surface area is 187 Å². The lowest BCUT2D eigenvalue weighted by Crippen LogP contribution is -2.34. The van der Waals surface area contributed by atoms with E-state index < -0.39 is 0 Å². The average molecular weight is 455 g/mol. The van der Waals surface area contributed by atoms with E-state index in [0.717, 1.165) is 51.3 Å². The summed E-state index contributed by atoms with van der Waals surface area (Å²) in [7, 11) is 0. The highest BCUT2D eigenvalue weighted by molar-refractivity contribution is 7.18. The number of thiophene rings is 1. The molecule has 3 aromatic heterocycles. The number of thiazole rings is 1. The first-order valence-corrected chi connectivity index (χ1v) is 12.1. The van der Waals surface area contributed by atoms with Gasteiger partial charge in [0.2, 0.25) is 0 Å². The molecular weight excluding hydrogens is 431 g/mol. The summed E-state index contributed by atoms with van der Waals surface area (Å²) < 4.78 is 15.1. The van der Waals surface area contributed by atoms with E-state index in [2.05, 4.69) is 15.3 Å². The number of aromatic nitrogens is 3. The molecule has 5 rings (SSSR count). The molecule has 3 heterocycles. The Morgan fingerprint density at radius 2 is 2.26 bits per heavy atom. The minimum absolute atomic E-state index is 0.0202. The summed E-state index contributed by atoms with van der Waals surface area (Å²) in [6, 6.07) is 6.86. The summed E-state index contributed by atoms with van der Waals surface area (Å²) in [5.74, 6) is -0.209. The second-order valence-corrected chi connectivity index (χ2v) is 10.2. The number of halogens is 1. The van der Waals surface area contributed by atoms with Crippen LogP contribution in [0.1, 0.15) is 46.1 Å². The molecule has 0 saturated carbocycles. The predicted octanol–water partition coefficient (Wildman–Crippen LogP) is 4.62. The lowest BCUT2D eigenvalue weighted by atomic mass is 9.93. The summed E-state index contributed by atoms with van der Waals surface area (Å²) >= 11 is 3.22. The number of hydrogen-bond donors (Lipinski definition) is 1. The van der Waals surface area contributed by atoms with Crippen LogP contribution < -0.4 is 10.9 Å². The quantitative estimate of drug-likeness (QED) is 0.478. The minimum Gasteiger partial charge on any atom is -0.310 e. The van der Waals surface area contributed by atoms with Crippen LogP contribution in [0.3, 0.4) is 0 Å². The van der Waals surface area contributed by atoms with E-state index in [-0.39, 0.29) is 17.4 Å². The van der Waals surface area contributed by atoms with Gasteiger partial charge < -0.3 is 5.32 Å². The van der Waals surface area contributed by atoms with Gasteiger partial charge >= 0.3 is 0 Å². The molecule has 0 aliphatic heterocycles. The second-order valence-electron chi connectivity index (χ2n) is 8.06. The van der Waals surface area contributed by atoms with Crippen molar-refractivity contribution in [2.24, 2.45) is 0 Å². The van der Waals surface area contributed by atoms with Gasteiger partial charge in [-0.2, -0.15) is 0 Å². The van der Waals surface area contributed by atoms with Gasteiger partial charge in [-0.05, 0) is 56.4 Å². The van der Waals surface area contributed by atoms with Gasteiger partial charge in [-0.1, -0.05) is 12.1 Å². The van der Waals surface area contributed by atoms with Gasteiger partial charge in [0.05, 0.1) is 28.5 Å². The largest absolute Gasteiger partial charge is 0.310 e. The molecule has 1 aliphatic carbocycles. The molecule has 0 amide bonds. The number of aryl methyl sites for hydroxylation is 2. The molecular formula is C23H23FN4OS2. The van der Waals surface area contributed by atoms with Crippen molar-refractivity contribution >= 4 is 32.9 Å². The molecule has 31 heavy (non-hydrogen) atoms. The molecule has 5 nitrogen and oxygen atoms in total. The highest BCUT2D eigenvalue weighted by atomic mass is 32.1. The van der Waals surface area contributed by atoms with Crippen LogP contribution in [0.4, 0.5) is 4.39 Å². The average Bonchev–Trinajstić information content (AvgIpc) is 3.35. The Morgan fingerprint density at radius 1 is 1.39 bits per heavy atom. The Balaban J connectivity index is 1.39. The van der Waals surface area contributed by atoms with Gasteiger partial charge in [0.15, 0.2) is 0 Å². The van der Waals surface area contributed by atoms with Gasteiger partial charge in [0.1, 0.15) is 10.6 Å². The van der Waals surface area contributed by atoms with E-state index in [0.29, 0.717) is 12.6 Å². The summed E-state index contributed by atoms with van der Waals surface area (Å²) in [6.07, 6.45) is 4.32. The van der Waals surface area contributed by atoms with Gasteiger partial charge in [-0.3, -0.25) is 9.36 Å². The lowest BCUT2D eigenvalue weighted by Gasteiger charge is -2.23. The fraction of sp³-hybridized carbons (Fsp3) is 0.348. The van der Waals surface area contributed by atoms with Crippen LogP contribution in [0.5, 0.6) is 0 Å². The van der Waals surface area contributed by atoms with Crippen LogP contribution in [-0.2, 0) is 19.4 Å². The molecule has 160 valence electrons. The molecule has 0 radical (unpaired) electrons. The molecule has 0 spiro atoms. The van der Waals surface area contributed by atoms with Crippen LogP contribution >= 0.6 is 22.7 Å². The topological polar surface area (TPSA) is 59.8 Å². The summed E-state index contributed by atoms with van der Waals surface area (Å²) in [6.45, 7) is 4.60. The van der Waals surface area contributed by atoms with Crippen molar-refractivity contribution in [3.63, 3.8) is 0 Å². The van der Waals surface area contributed by atoms with Crippen LogP contribution in [-0.4, -0.2) is 20.6 Å². The van der Waals surface area contributed by atoms with Crippen LogP contribution in [0.25, 0.3) is 10.2 Å². The molecule has 1 aliphatic rings. The van der Waals surface area contributed by atoms with Crippen molar-refractivity contribution in [2.75, 3.05) is 0 Å². The molecule has 1 N–H and O–H groups in total. The maximum Gasteiger partial charge on any atom is 0.262 e. The van der Waals surface area contributed by atoms with E-state index in [1.165, 1.54) is 10.9 Å². The molecule has 0 fully saturated rings. The first-order chi connectivity index (χ1) is 15.0. The lowest BCUT2D eigenvalue weighted by molar-refractivity contribution is 0.462. The van der Waals surface area contributed by atoms with Crippen molar-refractivity contribution in [1.29, 1.82) is 0 Å². The van der Waals surface area contributed by atoms with Crippen LogP contribution in [0.2, 0.25) is 0 Å². The summed E-state index contributed by atoms with van der Waals surface area (Å²) in [4.78, 5) is 24.6. The normalized spacial score (nSPS) is 17.1. The maximum absolute atomic E-state index is 13.4. The van der Waals surface area contributed by atoms with Crippen molar-refractivity contribution in [1.82, 2.24) is 19.9 Å². The number of rotatable bonds is 5. The molecule has 8 heteroatoms. The van der Waals surface area contributed by atoms with Crippen molar-refractivity contribution < 1.29 is 4.39 Å². The number of benzene rings is 1. The highest BCUT2D eigenvalue weighted by Crippen LogP contribution is 2.34. The number of fused-ring (bicyclic) bond motifs is 3. The monoisotopic (exact) mass is 454 g/mol. The summed E-state index contributed by atoms with van der Waals surface area (Å²) in [5.41, 5.74) is 3.01. The van der Waals surface area contributed by atoms with Crippen LogP contribution in [0.15, 0.2) is 40.8 Å². The first kappa shape index (κ1) is 20.5. The third kappa shape index (κ3) is 3.95. The third-order valence-electron chi connectivity index (χ3n) is 5.96. The van der Waals surface area contributed by atoms with Crippen LogP contribution in [0, 0.1) is 12.7 Å². The molecule has 0 bridgehead atoms. The molecule has 0 saturated heterocycles. The van der Waals surface area contributed by atoms with Crippen molar-refractivity contribution in [3.8, 4) is 0 Å². The van der Waals surface area contributed by atoms with Gasteiger partial charge in [0.25, 0.3) is 5.56 Å². The van der Waals surface area contributed by atoms with Gasteiger partial charge in [-0.15, -0.1) is 22.7 Å². The molecule has 0 unspecified atom stereocenters. The van der Waals surface area contributed by atoms with E-state index in [9.17, 15) is 9.18 Å². The van der Waals surface area contributed by atoms with Crippen molar-refractivity contribution in [3.05, 3.63) is 78.8 Å². The Hall–Kier alpha value is -2.42. The zero-order valence-corrected chi connectivity index (χ0v) is 19.0. The SMILES string of the molecule is Cc1nc([C@H](C)n2cnc3sc4c(c3c2=O)CC[C@@H](NCc2cccc(F)c2)C4)cs1. The van der Waals surface area contributed by atoms with E-state index in [1.807, 2.05) is 25.3 Å². The molecule has 2 atom stereocenters. The predicted molar refractivity (Wildman–Crippen MR) is 124 cm³/mol. The first-order valence-electron chi connectivity index (χ1n) is 10.4. The van der Waals surface area contributed by atoms with E-state index in [4.69, 9.17) is 0 Å². The zero-order valence-electron chi connectivity index (χ0n) is 17.4. The standard InChI is InChI=1S/C23H23FN4OS2/c1-13(19-11-30-14(2)27-19)28-12-26-22-21(23(28)29)18-7-6-17(9-20(18)31-22)25-10-15-4-3-5-16(24)8-15/h3-5,8,11-13,17,25H,6-7,9-10H2,1-2H3/t13-,17+/m0/s1. The smallest absolute Gasteiger partial charge is 0.262 e. The van der Waals surface area contributed by atoms with E-state index >= 15 is 0 Å². The third-order valence-corrected chi connectivity index (χ3v) is 7.91. The fourth-order valence-electron chi connectivity index (χ4n) is 4.25. The maximum atomic E-state index is 13.4. The highest BCUT2D eigenvalue weighted by Gasteiger charge is 2.26. The van der Waals surface area contributed by atoms with Crippen molar-refractivity contribution in [2.45, 2.75) is 51.7 Å². The Morgan fingerprint density at radius 3 is 3.03 bits per heavy atom. The van der Waals surface area contributed by atoms with Gasteiger partial charge in [-0.25, -0.2) is 14.4 Å². The molecule has 4 aromatic rings. The van der Waals surface area contributed by atoms with Gasteiger partial charge in [0, 0.05) is 22.8 Å². The Kier molecular flexibility index (Phi) is 5.45. The zero-order chi connectivity index (χ0) is 21.5. The second kappa shape index (κ2) is 8.26. The number of nitrogens with one attached hydrogen (secondary N) is 1. The Bertz CT molecular complexity index is 1310. The van der Waals surface area contributed by atoms with E-state index in [1.54, 1.807) is 45.7 Å². The molecule has 1 aromatic carbocycles. The minimum atomic E-state index is -0.209.